The molecule has 210 valence electrons. The van der Waals surface area contributed by atoms with Gasteiger partial charge in [0.25, 0.3) is 0 Å². The predicted molar refractivity (Wildman–Crippen MR) is 147 cm³/mol. The Bertz CT molecular complexity index is 1280. The molecule has 39 heavy (non-hydrogen) atoms. The number of aromatic nitrogens is 1. The molecule has 3 aliphatic heterocycles. The third kappa shape index (κ3) is 5.84. The minimum Gasteiger partial charge on any atom is -0.341 e. The van der Waals surface area contributed by atoms with Crippen LogP contribution in [-0.4, -0.2) is 78.0 Å². The third-order valence-electron chi connectivity index (χ3n) is 8.30. The molecular weight excluding hydrogens is 500 g/mol. The molecule has 9 heteroatoms. The van der Waals surface area contributed by atoms with Crippen molar-refractivity contribution < 1.29 is 18.4 Å². The van der Waals surface area contributed by atoms with E-state index in [4.69, 9.17) is 0 Å². The number of likely N-dealkylation sites (tertiary alicyclic amines) is 1. The van der Waals surface area contributed by atoms with E-state index in [-0.39, 0.29) is 47.7 Å². The van der Waals surface area contributed by atoms with E-state index in [1.165, 1.54) is 12.1 Å². The quantitative estimate of drug-likeness (QED) is 0.609. The molecule has 5 rings (SSSR count). The van der Waals surface area contributed by atoms with E-state index in [9.17, 15) is 18.4 Å². The number of carbonyl (C=O) groups excluding carboxylic acids is 2. The fourth-order valence-corrected chi connectivity index (χ4v) is 6.24. The number of nitrogens with zero attached hydrogens (tertiary/aromatic N) is 4. The van der Waals surface area contributed by atoms with Crippen LogP contribution in [0.2, 0.25) is 0 Å². The van der Waals surface area contributed by atoms with Gasteiger partial charge in [0.1, 0.15) is 11.6 Å². The summed E-state index contributed by atoms with van der Waals surface area (Å²) >= 11 is 0. The fraction of sp³-hybridized carbons (Fsp3) is 0.567. The Balaban J connectivity index is 1.34. The average Bonchev–Trinajstić information content (AvgIpc) is 3.27. The highest BCUT2D eigenvalue weighted by Gasteiger charge is 2.41. The number of pyridine rings is 1. The minimum atomic E-state index is -0.616. The van der Waals surface area contributed by atoms with Crippen LogP contribution < -0.4 is 10.2 Å². The van der Waals surface area contributed by atoms with Crippen LogP contribution in [0.3, 0.4) is 0 Å². The average molecular weight is 540 g/mol. The third-order valence-corrected chi connectivity index (χ3v) is 8.30. The Labute approximate surface area is 229 Å². The molecule has 2 amide bonds. The van der Waals surface area contributed by atoms with Gasteiger partial charge in [-0.15, -0.1) is 0 Å². The summed E-state index contributed by atoms with van der Waals surface area (Å²) in [4.78, 5) is 37.0. The van der Waals surface area contributed by atoms with E-state index in [1.54, 1.807) is 6.20 Å². The van der Waals surface area contributed by atoms with Gasteiger partial charge >= 0.3 is 0 Å². The lowest BCUT2D eigenvalue weighted by molar-refractivity contribution is -0.128. The first-order valence-corrected chi connectivity index (χ1v) is 13.8. The molecule has 0 saturated carbocycles. The number of piperazine rings is 1. The topological polar surface area (TPSA) is 68.8 Å². The van der Waals surface area contributed by atoms with Gasteiger partial charge in [-0.25, -0.2) is 8.78 Å². The number of halogens is 2. The molecule has 0 spiro atoms. The number of hydrogen-bond donors (Lipinski definition) is 1. The molecule has 1 aromatic heterocycles. The van der Waals surface area contributed by atoms with Gasteiger partial charge in [-0.05, 0) is 30.0 Å². The standard InChI is InChI=1S/C30H39F2N5O2/c1-19-14-35(23(12-33-19)15-36-17-29(2,3)11-27(36)38)16-28(39)37-18-30(4,5)24-13-34-22(10-26(24)37)8-20-6-7-21(31)9-25(20)32/h6-7,9-10,13,19,23,33H,8,11-12,14-18H2,1-5H3/t19-,23-/m1/s1. The van der Waals surface area contributed by atoms with Gasteiger partial charge < -0.3 is 15.1 Å². The molecule has 0 radical (unpaired) electrons. The molecule has 1 N–H and O–H groups in total. The summed E-state index contributed by atoms with van der Waals surface area (Å²) in [5, 5.41) is 3.51. The number of nitrogens with one attached hydrogen (secondary N) is 1. The normalized spacial score (nSPS) is 24.3. The van der Waals surface area contributed by atoms with Crippen molar-refractivity contribution in [3.63, 3.8) is 0 Å². The summed E-state index contributed by atoms with van der Waals surface area (Å²) in [6, 6.07) is 5.71. The van der Waals surface area contributed by atoms with Crippen molar-refractivity contribution in [2.45, 2.75) is 65.0 Å². The largest absolute Gasteiger partial charge is 0.341 e. The second-order valence-corrected chi connectivity index (χ2v) is 13.0. The first-order valence-electron chi connectivity index (χ1n) is 13.8. The Kier molecular flexibility index (Phi) is 7.26. The lowest BCUT2D eigenvalue weighted by Crippen LogP contribution is -2.61. The van der Waals surface area contributed by atoms with Gasteiger partial charge in [-0.1, -0.05) is 33.8 Å². The van der Waals surface area contributed by atoms with Crippen molar-refractivity contribution in [2.75, 3.05) is 44.2 Å². The Morgan fingerprint density at radius 3 is 2.62 bits per heavy atom. The maximum absolute atomic E-state index is 14.3. The molecule has 7 nitrogen and oxygen atoms in total. The Hall–Kier alpha value is -2.91. The van der Waals surface area contributed by atoms with Gasteiger partial charge in [-0.2, -0.15) is 0 Å². The molecule has 2 saturated heterocycles. The summed E-state index contributed by atoms with van der Waals surface area (Å²) in [7, 11) is 0. The lowest BCUT2D eigenvalue weighted by Gasteiger charge is -2.41. The fourth-order valence-electron chi connectivity index (χ4n) is 6.24. The highest BCUT2D eigenvalue weighted by Crippen LogP contribution is 2.41. The summed E-state index contributed by atoms with van der Waals surface area (Å²) in [5.74, 6) is -1.05. The van der Waals surface area contributed by atoms with Crippen LogP contribution in [0.5, 0.6) is 0 Å². The van der Waals surface area contributed by atoms with E-state index < -0.39 is 11.6 Å². The maximum Gasteiger partial charge on any atom is 0.241 e. The smallest absolute Gasteiger partial charge is 0.241 e. The molecule has 1 aromatic carbocycles. The highest BCUT2D eigenvalue weighted by molar-refractivity contribution is 5.97. The van der Waals surface area contributed by atoms with Crippen LogP contribution in [0, 0.1) is 17.0 Å². The van der Waals surface area contributed by atoms with Crippen molar-refractivity contribution in [3.8, 4) is 0 Å². The van der Waals surface area contributed by atoms with Crippen LogP contribution in [0.4, 0.5) is 14.5 Å². The minimum absolute atomic E-state index is 0.000818. The number of benzene rings is 1. The van der Waals surface area contributed by atoms with Gasteiger partial charge in [0.15, 0.2) is 0 Å². The van der Waals surface area contributed by atoms with E-state index >= 15 is 0 Å². The molecule has 4 heterocycles. The summed E-state index contributed by atoms with van der Waals surface area (Å²) < 4.78 is 27.7. The van der Waals surface area contributed by atoms with Crippen molar-refractivity contribution in [2.24, 2.45) is 5.41 Å². The van der Waals surface area contributed by atoms with Crippen molar-refractivity contribution >= 4 is 17.5 Å². The lowest BCUT2D eigenvalue weighted by atomic mass is 9.88. The Morgan fingerprint density at radius 1 is 1.15 bits per heavy atom. The number of fused-ring (bicyclic) bond motifs is 1. The molecule has 3 aliphatic rings. The Morgan fingerprint density at radius 2 is 1.92 bits per heavy atom. The van der Waals surface area contributed by atoms with Gasteiger partial charge in [0.05, 0.1) is 12.2 Å². The molecule has 2 fully saturated rings. The second-order valence-electron chi connectivity index (χ2n) is 13.0. The van der Waals surface area contributed by atoms with Gasteiger partial charge in [0, 0.05) is 86.6 Å². The number of anilines is 1. The maximum atomic E-state index is 14.3. The molecular formula is C30H39F2N5O2. The van der Waals surface area contributed by atoms with Crippen molar-refractivity contribution in [3.05, 3.63) is 58.9 Å². The number of carbonyl (C=O) groups is 2. The number of rotatable bonds is 6. The number of hydrogen-bond acceptors (Lipinski definition) is 5. The molecule has 2 atom stereocenters. The van der Waals surface area contributed by atoms with E-state index in [0.717, 1.165) is 37.0 Å². The van der Waals surface area contributed by atoms with Crippen LogP contribution in [0.15, 0.2) is 30.5 Å². The number of amides is 2. The van der Waals surface area contributed by atoms with Crippen LogP contribution in [0.25, 0.3) is 0 Å². The van der Waals surface area contributed by atoms with Crippen molar-refractivity contribution in [1.29, 1.82) is 0 Å². The zero-order chi connectivity index (χ0) is 28.1. The van der Waals surface area contributed by atoms with E-state index in [1.807, 2.05) is 15.9 Å². The SMILES string of the molecule is C[C@@H]1CN(CC(=O)N2CC(C)(C)c3cnc(Cc4ccc(F)cc4F)cc32)[C@@H](CN2CC(C)(C)CC2=O)CN1. The van der Waals surface area contributed by atoms with E-state index in [2.05, 4.69) is 49.8 Å². The van der Waals surface area contributed by atoms with Crippen LogP contribution in [-0.2, 0) is 21.4 Å². The second kappa shape index (κ2) is 10.2. The monoisotopic (exact) mass is 539 g/mol. The summed E-state index contributed by atoms with van der Waals surface area (Å²) in [6.07, 6.45) is 2.55. The van der Waals surface area contributed by atoms with Crippen LogP contribution in [0.1, 0.15) is 57.9 Å². The van der Waals surface area contributed by atoms with E-state index in [0.29, 0.717) is 30.8 Å². The van der Waals surface area contributed by atoms with Gasteiger partial charge in [0.2, 0.25) is 11.8 Å². The first kappa shape index (κ1) is 27.6. The first-order chi connectivity index (χ1) is 18.3. The molecule has 2 aromatic rings. The summed E-state index contributed by atoms with van der Waals surface area (Å²) in [6.45, 7) is 14.1. The molecule has 0 aliphatic carbocycles. The predicted octanol–water partition coefficient (Wildman–Crippen LogP) is 3.50. The van der Waals surface area contributed by atoms with Crippen molar-refractivity contribution in [1.82, 2.24) is 20.1 Å². The zero-order valence-corrected chi connectivity index (χ0v) is 23.6. The molecule has 0 bridgehead atoms. The van der Waals surface area contributed by atoms with Gasteiger partial charge in [-0.3, -0.25) is 19.5 Å². The molecule has 0 unspecified atom stereocenters. The zero-order valence-electron chi connectivity index (χ0n) is 23.6. The van der Waals surface area contributed by atoms with Crippen LogP contribution >= 0.6 is 0 Å². The summed E-state index contributed by atoms with van der Waals surface area (Å²) in [5.41, 5.74) is 2.46. The highest BCUT2D eigenvalue weighted by atomic mass is 19.1.